The van der Waals surface area contributed by atoms with Crippen molar-refractivity contribution in [3.63, 3.8) is 0 Å². The molecule has 6 heteroatoms. The first-order valence-corrected chi connectivity index (χ1v) is 9.10. The minimum absolute atomic E-state index is 0.00150. The Morgan fingerprint density at radius 2 is 2.00 bits per heavy atom. The molecule has 2 amide bonds. The summed E-state index contributed by atoms with van der Waals surface area (Å²) in [6.45, 7) is 2.77. The molecule has 2 aliphatic heterocycles. The van der Waals surface area contributed by atoms with E-state index in [0.29, 0.717) is 19.6 Å². The lowest BCUT2D eigenvalue weighted by Crippen LogP contribution is -2.51. The number of carbonyl (C=O) groups excluding carboxylic acids is 2. The summed E-state index contributed by atoms with van der Waals surface area (Å²) in [5.41, 5.74) is 1.16. The second-order valence-electron chi connectivity index (χ2n) is 6.79. The van der Waals surface area contributed by atoms with Crippen LogP contribution in [0.4, 0.5) is 0 Å². The van der Waals surface area contributed by atoms with E-state index in [1.165, 1.54) is 0 Å². The number of rotatable bonds is 4. The lowest BCUT2D eigenvalue weighted by molar-refractivity contribution is -0.136. The Labute approximate surface area is 149 Å². The molecule has 6 nitrogen and oxygen atoms in total. The Kier molecular flexibility index (Phi) is 5.91. The van der Waals surface area contributed by atoms with Gasteiger partial charge >= 0.3 is 0 Å². The highest BCUT2D eigenvalue weighted by atomic mass is 16.5. The fraction of sp³-hybridized carbons (Fsp3) is 0.579. The third-order valence-electron chi connectivity index (χ3n) is 5.05. The summed E-state index contributed by atoms with van der Waals surface area (Å²) in [4.78, 5) is 28.5. The molecule has 0 aromatic heterocycles. The van der Waals surface area contributed by atoms with Crippen molar-refractivity contribution >= 4 is 11.8 Å². The molecule has 2 fully saturated rings. The number of amides is 2. The van der Waals surface area contributed by atoms with Gasteiger partial charge in [0.15, 0.2) is 0 Å². The van der Waals surface area contributed by atoms with E-state index in [4.69, 9.17) is 4.74 Å². The number of likely N-dealkylation sites (tertiary alicyclic amines) is 1. The van der Waals surface area contributed by atoms with E-state index in [2.05, 4.69) is 17.4 Å². The minimum atomic E-state index is 0.00150. The number of hydrogen-bond acceptors (Lipinski definition) is 4. The van der Waals surface area contributed by atoms with Crippen LogP contribution in [0.1, 0.15) is 37.3 Å². The van der Waals surface area contributed by atoms with Crippen molar-refractivity contribution < 1.29 is 14.3 Å². The van der Waals surface area contributed by atoms with Crippen LogP contribution in [-0.4, -0.2) is 61.4 Å². The quantitative estimate of drug-likeness (QED) is 0.900. The third kappa shape index (κ3) is 4.51. The summed E-state index contributed by atoms with van der Waals surface area (Å²) in [5.74, 6) is 0.952. The molecular formula is C19H27N3O3. The maximum atomic E-state index is 13.0. The zero-order chi connectivity index (χ0) is 17.6. The van der Waals surface area contributed by atoms with Gasteiger partial charge in [-0.3, -0.25) is 14.5 Å². The number of benzene rings is 1. The first kappa shape index (κ1) is 17.7. The molecule has 3 rings (SSSR count). The van der Waals surface area contributed by atoms with Gasteiger partial charge in [-0.05, 0) is 30.5 Å². The maximum absolute atomic E-state index is 13.0. The van der Waals surface area contributed by atoms with Gasteiger partial charge in [0, 0.05) is 19.6 Å². The van der Waals surface area contributed by atoms with Crippen molar-refractivity contribution in [2.45, 2.75) is 31.7 Å². The Hall–Kier alpha value is -2.08. The molecule has 1 unspecified atom stereocenters. The number of ether oxygens (including phenoxy) is 1. The van der Waals surface area contributed by atoms with Crippen LogP contribution < -0.4 is 10.1 Å². The molecule has 136 valence electrons. The average Bonchev–Trinajstić information content (AvgIpc) is 2.88. The molecule has 0 spiro atoms. The SMILES string of the molecule is COc1ccc(C2CCCCCN2C(=O)CN2CCNC(=O)C2)cc1. The van der Waals surface area contributed by atoms with Crippen LogP contribution in [0.15, 0.2) is 24.3 Å². The molecule has 25 heavy (non-hydrogen) atoms. The summed E-state index contributed by atoms with van der Waals surface area (Å²) < 4.78 is 5.24. The van der Waals surface area contributed by atoms with Crippen molar-refractivity contribution in [1.82, 2.24) is 15.1 Å². The van der Waals surface area contributed by atoms with Crippen molar-refractivity contribution in [3.8, 4) is 5.75 Å². The number of piperazine rings is 1. The Morgan fingerprint density at radius 1 is 1.20 bits per heavy atom. The van der Waals surface area contributed by atoms with E-state index in [1.807, 2.05) is 21.9 Å². The normalized spacial score (nSPS) is 22.2. The molecule has 0 bridgehead atoms. The number of hydrogen-bond donors (Lipinski definition) is 1. The fourth-order valence-electron chi connectivity index (χ4n) is 3.69. The Bertz CT molecular complexity index is 602. The molecule has 0 saturated carbocycles. The highest BCUT2D eigenvalue weighted by Gasteiger charge is 2.29. The summed E-state index contributed by atoms with van der Waals surface area (Å²) in [6.07, 6.45) is 4.31. The Balaban J connectivity index is 1.72. The van der Waals surface area contributed by atoms with Crippen molar-refractivity contribution in [1.29, 1.82) is 0 Å². The smallest absolute Gasteiger partial charge is 0.237 e. The topological polar surface area (TPSA) is 61.9 Å². The molecule has 1 aromatic rings. The van der Waals surface area contributed by atoms with Gasteiger partial charge in [0.25, 0.3) is 0 Å². The van der Waals surface area contributed by atoms with Crippen molar-refractivity contribution in [2.24, 2.45) is 0 Å². The lowest BCUT2D eigenvalue weighted by Gasteiger charge is -2.33. The highest BCUT2D eigenvalue weighted by molar-refractivity contribution is 5.82. The van der Waals surface area contributed by atoms with Gasteiger partial charge in [-0.25, -0.2) is 0 Å². The maximum Gasteiger partial charge on any atom is 0.237 e. The average molecular weight is 345 g/mol. The monoisotopic (exact) mass is 345 g/mol. The van der Waals surface area contributed by atoms with Gasteiger partial charge in [0.2, 0.25) is 11.8 Å². The molecule has 2 saturated heterocycles. The van der Waals surface area contributed by atoms with Crippen LogP contribution in [0.3, 0.4) is 0 Å². The molecule has 1 aromatic carbocycles. The van der Waals surface area contributed by atoms with E-state index in [-0.39, 0.29) is 17.9 Å². The first-order chi connectivity index (χ1) is 12.2. The Morgan fingerprint density at radius 3 is 2.72 bits per heavy atom. The largest absolute Gasteiger partial charge is 0.497 e. The summed E-state index contributed by atoms with van der Waals surface area (Å²) >= 11 is 0. The molecule has 0 radical (unpaired) electrons. The predicted octanol–water partition coefficient (Wildman–Crippen LogP) is 1.57. The van der Waals surface area contributed by atoms with Gasteiger partial charge in [-0.1, -0.05) is 25.0 Å². The first-order valence-electron chi connectivity index (χ1n) is 9.10. The standard InChI is InChI=1S/C19H27N3O3/c1-25-16-8-6-15(7-9-16)17-5-3-2-4-11-22(17)19(24)14-21-12-10-20-18(23)13-21/h6-9,17H,2-5,10-14H2,1H3,(H,20,23). The van der Waals surface area contributed by atoms with E-state index in [1.54, 1.807) is 7.11 Å². The predicted molar refractivity (Wildman–Crippen MR) is 95.4 cm³/mol. The molecule has 0 aliphatic carbocycles. The van der Waals surface area contributed by atoms with Gasteiger partial charge in [0.1, 0.15) is 5.75 Å². The summed E-state index contributed by atoms with van der Waals surface area (Å²) in [5, 5.41) is 2.80. The fourth-order valence-corrected chi connectivity index (χ4v) is 3.69. The van der Waals surface area contributed by atoms with Crippen LogP contribution in [0.5, 0.6) is 5.75 Å². The molecule has 2 aliphatic rings. The van der Waals surface area contributed by atoms with Crippen molar-refractivity contribution in [2.75, 3.05) is 39.8 Å². The zero-order valence-electron chi connectivity index (χ0n) is 14.9. The number of methoxy groups -OCH3 is 1. The van der Waals surface area contributed by atoms with E-state index in [0.717, 1.165) is 50.1 Å². The molecule has 1 atom stereocenters. The second-order valence-corrected chi connectivity index (χ2v) is 6.79. The number of carbonyl (C=O) groups is 2. The van der Waals surface area contributed by atoms with Gasteiger partial charge in [-0.2, -0.15) is 0 Å². The summed E-state index contributed by atoms with van der Waals surface area (Å²) in [7, 11) is 1.66. The van der Waals surface area contributed by atoms with Gasteiger partial charge < -0.3 is 15.0 Å². The summed E-state index contributed by atoms with van der Waals surface area (Å²) in [6, 6.07) is 8.14. The number of nitrogens with zero attached hydrogens (tertiary/aromatic N) is 2. The number of nitrogens with one attached hydrogen (secondary N) is 1. The zero-order valence-corrected chi connectivity index (χ0v) is 14.9. The van der Waals surface area contributed by atoms with Crippen molar-refractivity contribution in [3.05, 3.63) is 29.8 Å². The third-order valence-corrected chi connectivity index (χ3v) is 5.05. The molecule has 2 heterocycles. The molecule has 1 N–H and O–H groups in total. The van der Waals surface area contributed by atoms with E-state index in [9.17, 15) is 9.59 Å². The lowest BCUT2D eigenvalue weighted by atomic mass is 10.0. The van der Waals surface area contributed by atoms with Crippen LogP contribution in [0.2, 0.25) is 0 Å². The highest BCUT2D eigenvalue weighted by Crippen LogP contribution is 2.31. The van der Waals surface area contributed by atoms with Crippen LogP contribution in [0.25, 0.3) is 0 Å². The van der Waals surface area contributed by atoms with Crippen LogP contribution in [-0.2, 0) is 9.59 Å². The van der Waals surface area contributed by atoms with Gasteiger partial charge in [-0.15, -0.1) is 0 Å². The van der Waals surface area contributed by atoms with Crippen LogP contribution in [0, 0.1) is 0 Å². The van der Waals surface area contributed by atoms with Crippen LogP contribution >= 0.6 is 0 Å². The van der Waals surface area contributed by atoms with E-state index >= 15 is 0 Å². The second kappa shape index (κ2) is 8.34. The van der Waals surface area contributed by atoms with E-state index < -0.39 is 0 Å². The molecular weight excluding hydrogens is 318 g/mol. The minimum Gasteiger partial charge on any atom is -0.497 e. The van der Waals surface area contributed by atoms with Gasteiger partial charge in [0.05, 0.1) is 26.2 Å².